The summed E-state index contributed by atoms with van der Waals surface area (Å²) in [5, 5.41) is 7.91. The number of halogens is 4. The first-order valence-electron chi connectivity index (χ1n) is 12.7. The van der Waals surface area contributed by atoms with Crippen molar-refractivity contribution in [3.63, 3.8) is 0 Å². The smallest absolute Gasteiger partial charge is 0.383 e. The molecule has 41 heavy (non-hydrogen) atoms. The topological polar surface area (TPSA) is 119 Å². The highest BCUT2D eigenvalue weighted by Crippen LogP contribution is 2.34. The number of benzene rings is 2. The number of piperidine rings is 1. The minimum Gasteiger partial charge on any atom is -0.383 e. The minimum absolute atomic E-state index is 0.00918. The van der Waals surface area contributed by atoms with Gasteiger partial charge in [-0.3, -0.25) is 9.59 Å². The fourth-order valence-corrected chi connectivity index (χ4v) is 4.87. The van der Waals surface area contributed by atoms with Crippen molar-refractivity contribution in [2.24, 2.45) is 0 Å². The number of carbonyl (C=O) groups excluding carboxylic acids is 2. The fraction of sp³-hybridized carbons (Fsp3) is 0.250. The lowest BCUT2D eigenvalue weighted by molar-refractivity contribution is -0.137. The Morgan fingerprint density at radius 1 is 1.15 bits per heavy atom. The van der Waals surface area contributed by atoms with Gasteiger partial charge in [0.05, 0.1) is 22.6 Å². The summed E-state index contributed by atoms with van der Waals surface area (Å²) in [6.07, 6.45) is -0.478. The van der Waals surface area contributed by atoms with Gasteiger partial charge >= 0.3 is 6.18 Å². The van der Waals surface area contributed by atoms with Crippen LogP contribution in [0.5, 0.6) is 0 Å². The molecule has 9 nitrogen and oxygen atoms in total. The third-order valence-corrected chi connectivity index (χ3v) is 6.97. The molecule has 1 aliphatic rings. The van der Waals surface area contributed by atoms with Crippen LogP contribution < -0.4 is 11.1 Å². The second-order valence-electron chi connectivity index (χ2n) is 9.61. The zero-order valence-corrected chi connectivity index (χ0v) is 21.7. The van der Waals surface area contributed by atoms with Crippen LogP contribution in [0.2, 0.25) is 0 Å². The molecule has 2 aromatic carbocycles. The van der Waals surface area contributed by atoms with Gasteiger partial charge in [-0.25, -0.2) is 19.0 Å². The van der Waals surface area contributed by atoms with E-state index in [0.29, 0.717) is 53.1 Å². The predicted octanol–water partition coefficient (Wildman–Crippen LogP) is 4.51. The molecule has 0 aliphatic carbocycles. The molecule has 0 spiro atoms. The third-order valence-electron chi connectivity index (χ3n) is 6.97. The normalized spacial score (nSPS) is 15.6. The van der Waals surface area contributed by atoms with Gasteiger partial charge in [0.1, 0.15) is 23.7 Å². The zero-order valence-electron chi connectivity index (χ0n) is 21.7. The van der Waals surface area contributed by atoms with Crippen molar-refractivity contribution < 1.29 is 27.2 Å². The highest BCUT2D eigenvalue weighted by Gasteiger charge is 2.32. The number of nitrogens with two attached hydrogens (primary N) is 1. The van der Waals surface area contributed by atoms with E-state index in [1.807, 2.05) is 0 Å². The minimum atomic E-state index is -4.71. The average Bonchev–Trinajstić information content (AvgIpc) is 3.36. The first kappa shape index (κ1) is 27.7. The number of carbonyl (C=O) groups is 2. The molecular weight excluding hydrogens is 542 g/mol. The Labute approximate surface area is 231 Å². The van der Waals surface area contributed by atoms with E-state index in [1.54, 1.807) is 33.8 Å². The fourth-order valence-electron chi connectivity index (χ4n) is 4.87. The van der Waals surface area contributed by atoms with Crippen LogP contribution in [0.15, 0.2) is 61.4 Å². The van der Waals surface area contributed by atoms with Gasteiger partial charge in [0.25, 0.3) is 5.91 Å². The lowest BCUT2D eigenvalue weighted by Gasteiger charge is -2.32. The van der Waals surface area contributed by atoms with Crippen LogP contribution in [-0.2, 0) is 17.5 Å². The molecule has 3 heterocycles. The molecule has 0 bridgehead atoms. The summed E-state index contributed by atoms with van der Waals surface area (Å²) in [6, 6.07) is 8.64. The molecule has 2 aromatic heterocycles. The number of nitrogens with one attached hydrogen (secondary N) is 1. The number of anilines is 1. The molecular formula is C28H25F4N7O2. The van der Waals surface area contributed by atoms with E-state index in [2.05, 4.69) is 21.9 Å². The van der Waals surface area contributed by atoms with Crippen LogP contribution in [-0.4, -0.2) is 49.6 Å². The highest BCUT2D eigenvalue weighted by atomic mass is 19.4. The molecule has 4 aromatic rings. The Bertz CT molecular complexity index is 1630. The third kappa shape index (κ3) is 5.60. The van der Waals surface area contributed by atoms with Gasteiger partial charge in [-0.15, -0.1) is 0 Å². The van der Waals surface area contributed by atoms with E-state index in [-0.39, 0.29) is 24.3 Å². The number of nitrogens with zero attached hydrogens (tertiary/aromatic N) is 5. The highest BCUT2D eigenvalue weighted by molar-refractivity contribution is 5.98. The zero-order chi connectivity index (χ0) is 29.3. The molecule has 0 radical (unpaired) electrons. The van der Waals surface area contributed by atoms with E-state index in [9.17, 15) is 27.2 Å². The van der Waals surface area contributed by atoms with Gasteiger partial charge in [-0.05, 0) is 42.7 Å². The first-order valence-corrected chi connectivity index (χ1v) is 12.7. The summed E-state index contributed by atoms with van der Waals surface area (Å²) < 4.78 is 54.3. The Morgan fingerprint density at radius 2 is 1.90 bits per heavy atom. The largest absolute Gasteiger partial charge is 0.416 e. The number of hydrogen-bond acceptors (Lipinski definition) is 6. The Kier molecular flexibility index (Phi) is 7.43. The van der Waals surface area contributed by atoms with Gasteiger partial charge in [0, 0.05) is 25.2 Å². The summed E-state index contributed by atoms with van der Waals surface area (Å²) in [5.41, 5.74) is 7.02. The summed E-state index contributed by atoms with van der Waals surface area (Å²) >= 11 is 0. The number of amides is 2. The quantitative estimate of drug-likeness (QED) is 0.261. The van der Waals surface area contributed by atoms with Crippen LogP contribution in [0.3, 0.4) is 0 Å². The monoisotopic (exact) mass is 567 g/mol. The van der Waals surface area contributed by atoms with Crippen LogP contribution in [0, 0.1) is 5.82 Å². The van der Waals surface area contributed by atoms with Crippen molar-refractivity contribution >= 4 is 28.7 Å². The number of nitrogen functional groups attached to an aromatic ring is 1. The van der Waals surface area contributed by atoms with Crippen LogP contribution in [0.1, 0.15) is 40.4 Å². The van der Waals surface area contributed by atoms with E-state index in [0.717, 1.165) is 18.9 Å². The summed E-state index contributed by atoms with van der Waals surface area (Å²) in [7, 11) is 0. The molecule has 1 atom stereocenters. The van der Waals surface area contributed by atoms with Crippen LogP contribution >= 0.6 is 0 Å². The number of fused-ring (bicyclic) bond motifs is 1. The number of hydrogen-bond donors (Lipinski definition) is 2. The molecule has 2 amide bonds. The van der Waals surface area contributed by atoms with Crippen molar-refractivity contribution in [1.82, 2.24) is 30.0 Å². The molecule has 0 saturated carbocycles. The maximum atomic E-state index is 14.2. The van der Waals surface area contributed by atoms with Crippen molar-refractivity contribution in [2.45, 2.75) is 31.6 Å². The second-order valence-corrected chi connectivity index (χ2v) is 9.61. The van der Waals surface area contributed by atoms with Crippen molar-refractivity contribution in [3.05, 3.63) is 84.0 Å². The standard InChI is InChI=1S/C28H25F4N7O2/c1-2-22(40)38-11-3-4-19(14-38)39-26-23(25(33)35-15-36-26)24(37-39)17-7-5-16(6-8-17)13-34-27(41)20-10-9-18(12-21(20)29)28(30,31)32/h2,5-10,12,15,19H,1,3-4,11,13-14H2,(H,34,41)(H2,33,35,36)/t19-/m1/s1. The Morgan fingerprint density at radius 3 is 2.59 bits per heavy atom. The predicted molar refractivity (Wildman–Crippen MR) is 143 cm³/mol. The first-order chi connectivity index (χ1) is 19.6. The Balaban J connectivity index is 1.35. The van der Waals surface area contributed by atoms with Crippen LogP contribution in [0.25, 0.3) is 22.3 Å². The SMILES string of the molecule is C=CC(=O)N1CCC[C@@H](n2nc(-c3ccc(CNC(=O)c4ccc(C(F)(F)F)cc4F)cc3)c3c(N)ncnc32)C1. The summed E-state index contributed by atoms with van der Waals surface area (Å²) in [6.45, 7) is 4.66. The molecule has 1 saturated heterocycles. The van der Waals surface area contributed by atoms with E-state index in [1.165, 1.54) is 12.4 Å². The van der Waals surface area contributed by atoms with Crippen molar-refractivity contribution in [2.75, 3.05) is 18.8 Å². The van der Waals surface area contributed by atoms with Gasteiger partial charge in [-0.2, -0.15) is 18.3 Å². The molecule has 212 valence electrons. The molecule has 1 aliphatic heterocycles. The molecule has 13 heteroatoms. The average molecular weight is 568 g/mol. The number of rotatable bonds is 6. The maximum Gasteiger partial charge on any atom is 0.416 e. The Hall–Kier alpha value is -4.81. The van der Waals surface area contributed by atoms with E-state index < -0.39 is 29.0 Å². The number of aromatic nitrogens is 4. The second kappa shape index (κ2) is 11.0. The van der Waals surface area contributed by atoms with Gasteiger partial charge < -0.3 is 16.0 Å². The number of likely N-dealkylation sites (tertiary alicyclic amines) is 1. The maximum absolute atomic E-state index is 14.2. The van der Waals surface area contributed by atoms with Gasteiger partial charge in [0.2, 0.25) is 5.91 Å². The lowest BCUT2D eigenvalue weighted by Crippen LogP contribution is -2.40. The van der Waals surface area contributed by atoms with E-state index in [4.69, 9.17) is 10.8 Å². The van der Waals surface area contributed by atoms with E-state index >= 15 is 0 Å². The summed E-state index contributed by atoms with van der Waals surface area (Å²) in [4.78, 5) is 34.9. The van der Waals surface area contributed by atoms with Gasteiger partial charge in [-0.1, -0.05) is 30.8 Å². The lowest BCUT2D eigenvalue weighted by atomic mass is 10.1. The molecule has 5 rings (SSSR count). The van der Waals surface area contributed by atoms with Crippen molar-refractivity contribution in [3.8, 4) is 11.3 Å². The molecule has 0 unspecified atom stereocenters. The van der Waals surface area contributed by atoms with Gasteiger partial charge in [0.15, 0.2) is 5.65 Å². The summed E-state index contributed by atoms with van der Waals surface area (Å²) in [5.74, 6) is -2.00. The molecule has 1 fully saturated rings. The number of alkyl halides is 3. The van der Waals surface area contributed by atoms with Crippen LogP contribution in [0.4, 0.5) is 23.4 Å². The van der Waals surface area contributed by atoms with Crippen molar-refractivity contribution in [1.29, 1.82) is 0 Å². The molecule has 3 N–H and O–H groups in total.